The van der Waals surface area contributed by atoms with Crippen LogP contribution < -0.4 is 0 Å². The maximum Gasteiger partial charge on any atom is 0.275 e. The molecule has 0 aliphatic carbocycles. The summed E-state index contributed by atoms with van der Waals surface area (Å²) in [6.45, 7) is 0.984. The first-order chi connectivity index (χ1) is 11.9. The van der Waals surface area contributed by atoms with Crippen LogP contribution in [0.2, 0.25) is 0 Å². The molecule has 0 unspecified atom stereocenters. The van der Waals surface area contributed by atoms with Crippen LogP contribution in [0, 0.1) is 0 Å². The molecule has 130 valence electrons. The number of likely N-dealkylation sites (tertiary alicyclic amines) is 1. The lowest BCUT2D eigenvalue weighted by Crippen LogP contribution is -2.29. The molecule has 25 heavy (non-hydrogen) atoms. The zero-order chi connectivity index (χ0) is 17.6. The number of nitrogens with one attached hydrogen (secondary N) is 2. The summed E-state index contributed by atoms with van der Waals surface area (Å²) >= 11 is 0. The van der Waals surface area contributed by atoms with Crippen LogP contribution in [0.1, 0.15) is 28.5 Å². The number of sulfone groups is 1. The van der Waals surface area contributed by atoms with E-state index in [9.17, 15) is 13.2 Å². The van der Waals surface area contributed by atoms with Gasteiger partial charge in [-0.05, 0) is 12.5 Å². The summed E-state index contributed by atoms with van der Waals surface area (Å²) in [5.74, 6) is -0.234. The van der Waals surface area contributed by atoms with Gasteiger partial charge in [0, 0.05) is 30.6 Å². The maximum absolute atomic E-state index is 12.8. The second kappa shape index (κ2) is 5.69. The highest BCUT2D eigenvalue weighted by Crippen LogP contribution is 2.31. The third-order valence-corrected chi connectivity index (χ3v) is 5.71. The Bertz CT molecular complexity index is 1050. The lowest BCUT2D eigenvalue weighted by atomic mass is 10.1. The minimum absolute atomic E-state index is 0.0821. The van der Waals surface area contributed by atoms with E-state index >= 15 is 0 Å². The highest BCUT2D eigenvalue weighted by Gasteiger charge is 2.33. The molecular weight excluding hydrogens is 342 g/mol. The molecular formula is C16H17N5O3S. The van der Waals surface area contributed by atoms with E-state index in [4.69, 9.17) is 0 Å². The lowest BCUT2D eigenvalue weighted by Gasteiger charge is -2.15. The van der Waals surface area contributed by atoms with Gasteiger partial charge in [0.2, 0.25) is 0 Å². The zero-order valence-electron chi connectivity index (χ0n) is 13.6. The van der Waals surface area contributed by atoms with Crippen LogP contribution >= 0.6 is 0 Å². The van der Waals surface area contributed by atoms with Crippen molar-refractivity contribution in [3.63, 3.8) is 0 Å². The standard InChI is InChI=1S/C16H17N5O3S/c1-25(23,24)13-8-17-19-14(13)10-6-7-21(9-10)16(22)15-11-4-2-3-5-12(11)18-20-15/h2-5,8,10H,6-7,9H2,1H3,(H,17,19)(H,18,20)/t10-/m0/s1. The number of carbonyl (C=O) groups excluding carboxylic acids is 1. The first-order valence-corrected chi connectivity index (χ1v) is 9.80. The highest BCUT2D eigenvalue weighted by molar-refractivity contribution is 7.90. The second-order valence-electron chi connectivity index (χ2n) is 6.27. The molecule has 1 aromatic carbocycles. The van der Waals surface area contributed by atoms with E-state index in [2.05, 4.69) is 20.4 Å². The Kier molecular flexibility index (Phi) is 3.60. The third-order valence-electron chi connectivity index (χ3n) is 4.59. The summed E-state index contributed by atoms with van der Waals surface area (Å²) in [5.41, 5.74) is 1.78. The number of aromatic amines is 2. The number of para-hydroxylation sites is 1. The largest absolute Gasteiger partial charge is 0.337 e. The number of carbonyl (C=O) groups is 1. The van der Waals surface area contributed by atoms with Gasteiger partial charge in [0.05, 0.1) is 17.4 Å². The van der Waals surface area contributed by atoms with Crippen molar-refractivity contribution in [1.82, 2.24) is 25.3 Å². The molecule has 0 saturated carbocycles. The summed E-state index contributed by atoms with van der Waals surface area (Å²) in [6.07, 6.45) is 3.17. The predicted octanol–water partition coefficient (Wildman–Crippen LogP) is 1.32. The third kappa shape index (κ3) is 2.70. The van der Waals surface area contributed by atoms with Crippen LogP contribution in [0.25, 0.3) is 10.9 Å². The lowest BCUT2D eigenvalue weighted by molar-refractivity contribution is 0.0786. The normalized spacial score (nSPS) is 18.1. The maximum atomic E-state index is 12.8. The summed E-state index contributed by atoms with van der Waals surface area (Å²) < 4.78 is 23.7. The van der Waals surface area contributed by atoms with Crippen molar-refractivity contribution in [2.24, 2.45) is 0 Å². The predicted molar refractivity (Wildman–Crippen MR) is 91.1 cm³/mol. The van der Waals surface area contributed by atoms with E-state index in [1.54, 1.807) is 4.90 Å². The van der Waals surface area contributed by atoms with Gasteiger partial charge >= 0.3 is 0 Å². The molecule has 1 saturated heterocycles. The molecule has 8 nitrogen and oxygen atoms in total. The van der Waals surface area contributed by atoms with Crippen molar-refractivity contribution < 1.29 is 13.2 Å². The molecule has 0 spiro atoms. The van der Waals surface area contributed by atoms with Gasteiger partial charge in [-0.3, -0.25) is 15.0 Å². The van der Waals surface area contributed by atoms with E-state index in [0.717, 1.165) is 17.2 Å². The fraction of sp³-hybridized carbons (Fsp3) is 0.312. The highest BCUT2D eigenvalue weighted by atomic mass is 32.2. The molecule has 1 amide bonds. The molecule has 1 atom stereocenters. The van der Waals surface area contributed by atoms with Crippen LogP contribution in [0.5, 0.6) is 0 Å². The summed E-state index contributed by atoms with van der Waals surface area (Å²) in [7, 11) is -3.35. The average Bonchev–Trinajstić information content (AvgIpc) is 3.31. The smallest absolute Gasteiger partial charge is 0.275 e. The first-order valence-electron chi connectivity index (χ1n) is 7.91. The number of nitrogens with zero attached hydrogens (tertiary/aromatic N) is 3. The van der Waals surface area contributed by atoms with Crippen LogP contribution in [0.3, 0.4) is 0 Å². The van der Waals surface area contributed by atoms with Gasteiger partial charge < -0.3 is 4.90 Å². The van der Waals surface area contributed by atoms with Crippen LogP contribution in [0.4, 0.5) is 0 Å². The number of aromatic nitrogens is 4. The summed E-state index contributed by atoms with van der Waals surface area (Å²) in [4.78, 5) is 14.7. The van der Waals surface area contributed by atoms with Crippen molar-refractivity contribution in [1.29, 1.82) is 0 Å². The molecule has 3 aromatic rings. The van der Waals surface area contributed by atoms with Gasteiger partial charge in [0.15, 0.2) is 15.5 Å². The van der Waals surface area contributed by atoms with E-state index in [1.807, 2.05) is 24.3 Å². The number of H-pyrrole nitrogens is 2. The van der Waals surface area contributed by atoms with Crippen LogP contribution in [-0.4, -0.2) is 59.0 Å². The van der Waals surface area contributed by atoms with E-state index in [-0.39, 0.29) is 16.7 Å². The fourth-order valence-electron chi connectivity index (χ4n) is 3.33. The minimum Gasteiger partial charge on any atom is -0.337 e. The average molecular weight is 359 g/mol. The van der Waals surface area contributed by atoms with Crippen LogP contribution in [0.15, 0.2) is 35.4 Å². The molecule has 2 aromatic heterocycles. The van der Waals surface area contributed by atoms with Crippen molar-refractivity contribution in [2.45, 2.75) is 17.2 Å². The van der Waals surface area contributed by atoms with E-state index in [0.29, 0.717) is 30.9 Å². The first kappa shape index (κ1) is 15.8. The Balaban J connectivity index is 1.59. The van der Waals surface area contributed by atoms with Gasteiger partial charge in [-0.25, -0.2) is 8.42 Å². The van der Waals surface area contributed by atoms with E-state index < -0.39 is 9.84 Å². The molecule has 2 N–H and O–H groups in total. The monoisotopic (exact) mass is 359 g/mol. The zero-order valence-corrected chi connectivity index (χ0v) is 14.4. The number of fused-ring (bicyclic) bond motifs is 1. The molecule has 4 rings (SSSR count). The van der Waals surface area contributed by atoms with Crippen molar-refractivity contribution in [2.75, 3.05) is 19.3 Å². The van der Waals surface area contributed by atoms with Gasteiger partial charge in [0.25, 0.3) is 5.91 Å². The number of rotatable bonds is 3. The summed E-state index contributed by atoms with van der Waals surface area (Å²) in [5, 5.41) is 14.5. The Morgan fingerprint density at radius 3 is 2.88 bits per heavy atom. The summed E-state index contributed by atoms with van der Waals surface area (Å²) in [6, 6.07) is 7.47. The molecule has 0 radical (unpaired) electrons. The molecule has 1 aliphatic heterocycles. The molecule has 0 bridgehead atoms. The Morgan fingerprint density at radius 1 is 1.28 bits per heavy atom. The number of hydrogen-bond donors (Lipinski definition) is 2. The van der Waals surface area contributed by atoms with Crippen molar-refractivity contribution in [3.8, 4) is 0 Å². The Morgan fingerprint density at radius 2 is 2.08 bits per heavy atom. The van der Waals surface area contributed by atoms with Gasteiger partial charge in [-0.1, -0.05) is 18.2 Å². The Labute approximate surface area is 144 Å². The van der Waals surface area contributed by atoms with Gasteiger partial charge in [-0.2, -0.15) is 10.2 Å². The SMILES string of the molecule is CS(=O)(=O)c1cn[nH]c1[C@H]1CCN(C(=O)c2n[nH]c3ccccc23)C1. The van der Waals surface area contributed by atoms with Crippen molar-refractivity contribution >= 4 is 26.6 Å². The number of benzene rings is 1. The van der Waals surface area contributed by atoms with Gasteiger partial charge in [0.1, 0.15) is 4.90 Å². The molecule has 1 aliphatic rings. The molecule has 1 fully saturated rings. The van der Waals surface area contributed by atoms with Gasteiger partial charge in [-0.15, -0.1) is 0 Å². The second-order valence-corrected chi connectivity index (χ2v) is 8.26. The number of amides is 1. The fourth-order valence-corrected chi connectivity index (χ4v) is 4.19. The topological polar surface area (TPSA) is 112 Å². The molecule has 9 heteroatoms. The Hall–Kier alpha value is -2.68. The van der Waals surface area contributed by atoms with Crippen LogP contribution in [-0.2, 0) is 9.84 Å². The molecule has 3 heterocycles. The minimum atomic E-state index is -3.35. The quantitative estimate of drug-likeness (QED) is 0.732. The number of hydrogen-bond acceptors (Lipinski definition) is 5. The van der Waals surface area contributed by atoms with E-state index in [1.165, 1.54) is 6.20 Å². The van der Waals surface area contributed by atoms with Crippen molar-refractivity contribution in [3.05, 3.63) is 41.9 Å².